The fourth-order valence-corrected chi connectivity index (χ4v) is 2.59. The number of amides is 1. The molecule has 5 heteroatoms. The van der Waals surface area contributed by atoms with Gasteiger partial charge in [0.25, 0.3) is 0 Å². The van der Waals surface area contributed by atoms with Gasteiger partial charge in [0.2, 0.25) is 11.8 Å². The standard InChI is InChI=1S/C14H18N2O3/c1-10-2-3-12-13(15-10)19-9-6-16(12)14(17)11-4-7-18-8-5-11/h2-3,11H,4-9H2,1H3. The highest BCUT2D eigenvalue weighted by Crippen LogP contribution is 2.32. The van der Waals surface area contributed by atoms with Crippen LogP contribution in [-0.4, -0.2) is 37.3 Å². The van der Waals surface area contributed by atoms with E-state index in [1.165, 1.54) is 0 Å². The maximum absolute atomic E-state index is 12.6. The highest BCUT2D eigenvalue weighted by atomic mass is 16.5. The molecule has 0 spiro atoms. The number of hydrogen-bond donors (Lipinski definition) is 0. The molecule has 0 saturated carbocycles. The molecule has 2 aliphatic rings. The summed E-state index contributed by atoms with van der Waals surface area (Å²) in [6.45, 7) is 4.40. The number of rotatable bonds is 1. The number of hydrogen-bond acceptors (Lipinski definition) is 4. The summed E-state index contributed by atoms with van der Waals surface area (Å²) in [5.74, 6) is 0.825. The fraction of sp³-hybridized carbons (Fsp3) is 0.571. The smallest absolute Gasteiger partial charge is 0.238 e. The summed E-state index contributed by atoms with van der Waals surface area (Å²) in [7, 11) is 0. The van der Waals surface area contributed by atoms with Gasteiger partial charge in [-0.2, -0.15) is 0 Å². The van der Waals surface area contributed by atoms with Crippen LogP contribution in [0, 0.1) is 12.8 Å². The predicted molar refractivity (Wildman–Crippen MR) is 70.4 cm³/mol. The number of carbonyl (C=O) groups is 1. The van der Waals surface area contributed by atoms with Crippen molar-refractivity contribution in [3.05, 3.63) is 17.8 Å². The van der Waals surface area contributed by atoms with Crippen LogP contribution >= 0.6 is 0 Å². The molecule has 3 heterocycles. The van der Waals surface area contributed by atoms with Crippen LogP contribution in [-0.2, 0) is 9.53 Å². The van der Waals surface area contributed by atoms with Gasteiger partial charge in [0, 0.05) is 24.8 Å². The first-order valence-electron chi connectivity index (χ1n) is 6.75. The van der Waals surface area contributed by atoms with Crippen LogP contribution in [0.15, 0.2) is 12.1 Å². The third-order valence-electron chi connectivity index (χ3n) is 3.66. The Bertz CT molecular complexity index is 484. The van der Waals surface area contributed by atoms with Gasteiger partial charge >= 0.3 is 0 Å². The van der Waals surface area contributed by atoms with E-state index in [4.69, 9.17) is 9.47 Å². The minimum atomic E-state index is 0.0704. The molecule has 2 aliphatic heterocycles. The van der Waals surface area contributed by atoms with E-state index in [2.05, 4.69) is 4.98 Å². The zero-order chi connectivity index (χ0) is 13.2. The quantitative estimate of drug-likeness (QED) is 0.770. The molecule has 0 unspecified atom stereocenters. The third kappa shape index (κ3) is 2.42. The molecular formula is C14H18N2O3. The van der Waals surface area contributed by atoms with Gasteiger partial charge in [0.05, 0.1) is 6.54 Å². The molecule has 0 atom stereocenters. The van der Waals surface area contributed by atoms with Crippen molar-refractivity contribution in [1.82, 2.24) is 4.98 Å². The number of ether oxygens (including phenoxy) is 2. The minimum absolute atomic E-state index is 0.0704. The van der Waals surface area contributed by atoms with Crippen LogP contribution in [0.2, 0.25) is 0 Å². The SMILES string of the molecule is Cc1ccc2c(n1)OCCN2C(=O)C1CCOCC1. The van der Waals surface area contributed by atoms with Gasteiger partial charge in [0.15, 0.2) is 0 Å². The van der Waals surface area contributed by atoms with Gasteiger partial charge in [-0.25, -0.2) is 4.98 Å². The summed E-state index contributed by atoms with van der Waals surface area (Å²) in [4.78, 5) is 18.8. The Labute approximate surface area is 112 Å². The van der Waals surface area contributed by atoms with Crippen molar-refractivity contribution >= 4 is 11.6 Å². The van der Waals surface area contributed by atoms with Crippen LogP contribution in [0.5, 0.6) is 5.88 Å². The Morgan fingerprint density at radius 2 is 2.11 bits per heavy atom. The largest absolute Gasteiger partial charge is 0.474 e. The average Bonchev–Trinajstić information content (AvgIpc) is 2.46. The van der Waals surface area contributed by atoms with Crippen LogP contribution in [0.1, 0.15) is 18.5 Å². The Morgan fingerprint density at radius 1 is 1.32 bits per heavy atom. The summed E-state index contributed by atoms with van der Waals surface area (Å²) < 4.78 is 10.9. The second kappa shape index (κ2) is 5.17. The number of pyridine rings is 1. The molecule has 1 aromatic rings. The Morgan fingerprint density at radius 3 is 2.89 bits per heavy atom. The first-order valence-corrected chi connectivity index (χ1v) is 6.75. The molecule has 102 valence electrons. The van der Waals surface area contributed by atoms with Crippen molar-refractivity contribution in [1.29, 1.82) is 0 Å². The molecule has 0 N–H and O–H groups in total. The van der Waals surface area contributed by atoms with E-state index in [1.54, 1.807) is 0 Å². The average molecular weight is 262 g/mol. The third-order valence-corrected chi connectivity index (χ3v) is 3.66. The van der Waals surface area contributed by atoms with E-state index < -0.39 is 0 Å². The monoisotopic (exact) mass is 262 g/mol. The summed E-state index contributed by atoms with van der Waals surface area (Å²) >= 11 is 0. The molecule has 1 fully saturated rings. The molecule has 1 aromatic heterocycles. The van der Waals surface area contributed by atoms with E-state index in [9.17, 15) is 4.79 Å². The lowest BCUT2D eigenvalue weighted by molar-refractivity contribution is -0.125. The van der Waals surface area contributed by atoms with Crippen molar-refractivity contribution < 1.29 is 14.3 Å². The Kier molecular flexibility index (Phi) is 3.38. The maximum Gasteiger partial charge on any atom is 0.238 e. The number of nitrogens with zero attached hydrogens (tertiary/aromatic N) is 2. The van der Waals surface area contributed by atoms with E-state index in [-0.39, 0.29) is 11.8 Å². The highest BCUT2D eigenvalue weighted by Gasteiger charge is 2.31. The normalized spacial score (nSPS) is 19.7. The second-order valence-corrected chi connectivity index (χ2v) is 5.00. The van der Waals surface area contributed by atoms with Crippen LogP contribution < -0.4 is 9.64 Å². The maximum atomic E-state index is 12.6. The predicted octanol–water partition coefficient (Wildman–Crippen LogP) is 1.54. The van der Waals surface area contributed by atoms with Gasteiger partial charge in [-0.15, -0.1) is 0 Å². The fourth-order valence-electron chi connectivity index (χ4n) is 2.59. The Balaban J connectivity index is 1.84. The molecule has 0 aromatic carbocycles. The van der Waals surface area contributed by atoms with Crippen molar-refractivity contribution in [3.8, 4) is 5.88 Å². The lowest BCUT2D eigenvalue weighted by Gasteiger charge is -2.32. The number of aromatic nitrogens is 1. The lowest BCUT2D eigenvalue weighted by Crippen LogP contribution is -2.43. The summed E-state index contributed by atoms with van der Waals surface area (Å²) in [5.41, 5.74) is 1.70. The number of anilines is 1. The first kappa shape index (κ1) is 12.4. The second-order valence-electron chi connectivity index (χ2n) is 5.00. The van der Waals surface area contributed by atoms with Crippen molar-refractivity contribution in [3.63, 3.8) is 0 Å². The summed E-state index contributed by atoms with van der Waals surface area (Å²) in [6, 6.07) is 3.84. The van der Waals surface area contributed by atoms with Crippen LogP contribution in [0.4, 0.5) is 5.69 Å². The number of fused-ring (bicyclic) bond motifs is 1. The lowest BCUT2D eigenvalue weighted by atomic mass is 9.98. The zero-order valence-electron chi connectivity index (χ0n) is 11.1. The Hall–Kier alpha value is -1.62. The molecule has 1 amide bonds. The van der Waals surface area contributed by atoms with Crippen molar-refractivity contribution in [2.45, 2.75) is 19.8 Å². The van der Waals surface area contributed by atoms with E-state index in [1.807, 2.05) is 24.0 Å². The zero-order valence-corrected chi connectivity index (χ0v) is 11.1. The number of aryl methyl sites for hydroxylation is 1. The minimum Gasteiger partial charge on any atom is -0.474 e. The molecule has 19 heavy (non-hydrogen) atoms. The molecule has 5 nitrogen and oxygen atoms in total. The molecule has 1 saturated heterocycles. The molecule has 0 aliphatic carbocycles. The van der Waals surface area contributed by atoms with Crippen molar-refractivity contribution in [2.24, 2.45) is 5.92 Å². The molecular weight excluding hydrogens is 244 g/mol. The molecule has 0 bridgehead atoms. The molecule has 3 rings (SSSR count). The van der Waals surface area contributed by atoms with Crippen molar-refractivity contribution in [2.75, 3.05) is 31.3 Å². The van der Waals surface area contributed by atoms with Gasteiger partial charge in [-0.05, 0) is 31.9 Å². The first-order chi connectivity index (χ1) is 9.25. The van der Waals surface area contributed by atoms with E-state index >= 15 is 0 Å². The van der Waals surface area contributed by atoms with Gasteiger partial charge in [-0.1, -0.05) is 0 Å². The van der Waals surface area contributed by atoms with Gasteiger partial charge in [-0.3, -0.25) is 4.79 Å². The highest BCUT2D eigenvalue weighted by molar-refractivity contribution is 5.96. The molecule has 0 radical (unpaired) electrons. The van der Waals surface area contributed by atoms with Gasteiger partial charge in [0.1, 0.15) is 12.3 Å². The van der Waals surface area contributed by atoms with Crippen LogP contribution in [0.3, 0.4) is 0 Å². The topological polar surface area (TPSA) is 51.7 Å². The van der Waals surface area contributed by atoms with Gasteiger partial charge < -0.3 is 14.4 Å². The summed E-state index contributed by atoms with van der Waals surface area (Å²) in [6.07, 6.45) is 1.62. The van der Waals surface area contributed by atoms with Crippen LogP contribution in [0.25, 0.3) is 0 Å². The van der Waals surface area contributed by atoms with E-state index in [0.717, 1.165) is 24.2 Å². The summed E-state index contributed by atoms with van der Waals surface area (Å²) in [5, 5.41) is 0. The van der Waals surface area contributed by atoms with E-state index in [0.29, 0.717) is 32.2 Å². The number of carbonyl (C=O) groups excluding carboxylic acids is 1.